The Bertz CT molecular complexity index is 397. The van der Waals surface area contributed by atoms with Crippen molar-refractivity contribution < 1.29 is 0 Å². The number of benzene rings is 1. The predicted molar refractivity (Wildman–Crippen MR) is 73.9 cm³/mol. The molecule has 1 aromatic carbocycles. The van der Waals surface area contributed by atoms with E-state index in [-0.39, 0.29) is 5.41 Å². The smallest absolute Gasteiger partial charge is 0.0627 e. The number of hydrogen-bond acceptors (Lipinski definition) is 2. The second-order valence-corrected chi connectivity index (χ2v) is 5.79. The van der Waals surface area contributed by atoms with Crippen molar-refractivity contribution in [3.05, 3.63) is 35.9 Å². The predicted octanol–water partition coefficient (Wildman–Crippen LogP) is 3.64. The number of nitrogens with one attached hydrogen (secondary N) is 1. The Hall–Kier alpha value is -1.33. The highest BCUT2D eigenvalue weighted by atomic mass is 14.9. The summed E-state index contributed by atoms with van der Waals surface area (Å²) in [6, 6.07) is 13.5. The lowest BCUT2D eigenvalue weighted by Gasteiger charge is -2.36. The second-order valence-electron chi connectivity index (χ2n) is 5.79. The highest BCUT2D eigenvalue weighted by Crippen LogP contribution is 2.38. The monoisotopic (exact) mass is 242 g/mol. The van der Waals surface area contributed by atoms with Crippen LogP contribution in [0.25, 0.3) is 0 Å². The Balaban J connectivity index is 1.76. The van der Waals surface area contributed by atoms with E-state index in [1.165, 1.54) is 31.2 Å². The third-order valence-electron chi connectivity index (χ3n) is 4.14. The molecule has 1 saturated carbocycles. The van der Waals surface area contributed by atoms with Crippen LogP contribution in [0.3, 0.4) is 0 Å². The average Bonchev–Trinajstić information content (AvgIpc) is 2.40. The standard InChI is InChI=1S/C16H22N2/c1-16(11-12-17)9-7-15(8-10-16)18-13-14-5-3-2-4-6-14/h2-6,15,18H,7-11,13H2,1H3. The van der Waals surface area contributed by atoms with Crippen LogP contribution in [0, 0.1) is 16.7 Å². The Morgan fingerprint density at radius 1 is 1.28 bits per heavy atom. The van der Waals surface area contributed by atoms with Crippen LogP contribution in [-0.2, 0) is 6.54 Å². The second kappa shape index (κ2) is 6.02. The molecule has 0 saturated heterocycles. The number of nitriles is 1. The van der Waals surface area contributed by atoms with Crippen LogP contribution in [0.5, 0.6) is 0 Å². The van der Waals surface area contributed by atoms with Gasteiger partial charge < -0.3 is 5.32 Å². The van der Waals surface area contributed by atoms with Crippen LogP contribution in [-0.4, -0.2) is 6.04 Å². The lowest BCUT2D eigenvalue weighted by molar-refractivity contribution is 0.188. The van der Waals surface area contributed by atoms with E-state index in [0.717, 1.165) is 6.54 Å². The van der Waals surface area contributed by atoms with Gasteiger partial charge in [0.2, 0.25) is 0 Å². The van der Waals surface area contributed by atoms with Gasteiger partial charge in [0, 0.05) is 19.0 Å². The Morgan fingerprint density at radius 2 is 1.94 bits per heavy atom. The van der Waals surface area contributed by atoms with Crippen molar-refractivity contribution in [3.8, 4) is 6.07 Å². The molecule has 0 atom stereocenters. The van der Waals surface area contributed by atoms with Crippen molar-refractivity contribution in [1.82, 2.24) is 5.32 Å². The molecule has 0 radical (unpaired) electrons. The normalized spacial score (nSPS) is 27.7. The maximum Gasteiger partial charge on any atom is 0.0627 e. The molecular weight excluding hydrogens is 220 g/mol. The molecule has 1 aliphatic rings. The minimum Gasteiger partial charge on any atom is -0.310 e. The van der Waals surface area contributed by atoms with Crippen LogP contribution in [0.2, 0.25) is 0 Å². The molecule has 1 aromatic rings. The van der Waals surface area contributed by atoms with Gasteiger partial charge in [0.1, 0.15) is 0 Å². The van der Waals surface area contributed by atoms with Crippen molar-refractivity contribution in [1.29, 1.82) is 5.26 Å². The van der Waals surface area contributed by atoms with E-state index in [1.807, 2.05) is 0 Å². The molecule has 2 nitrogen and oxygen atoms in total. The first-order valence-electron chi connectivity index (χ1n) is 6.86. The first-order valence-corrected chi connectivity index (χ1v) is 6.86. The molecule has 0 amide bonds. The third-order valence-corrected chi connectivity index (χ3v) is 4.14. The number of rotatable bonds is 4. The number of hydrogen-bond donors (Lipinski definition) is 1. The summed E-state index contributed by atoms with van der Waals surface area (Å²) in [6.45, 7) is 3.21. The van der Waals surface area contributed by atoms with Gasteiger partial charge in [-0.3, -0.25) is 0 Å². The summed E-state index contributed by atoms with van der Waals surface area (Å²) in [5.41, 5.74) is 1.61. The third kappa shape index (κ3) is 3.58. The van der Waals surface area contributed by atoms with Crippen molar-refractivity contribution in [2.45, 2.75) is 51.6 Å². The van der Waals surface area contributed by atoms with E-state index >= 15 is 0 Å². The molecule has 96 valence electrons. The Kier molecular flexibility index (Phi) is 4.38. The fourth-order valence-corrected chi connectivity index (χ4v) is 2.74. The molecule has 0 unspecified atom stereocenters. The summed E-state index contributed by atoms with van der Waals surface area (Å²) in [7, 11) is 0. The zero-order valence-electron chi connectivity index (χ0n) is 11.2. The van der Waals surface area contributed by atoms with Gasteiger partial charge in [0.15, 0.2) is 0 Å². The summed E-state index contributed by atoms with van der Waals surface area (Å²) in [5.74, 6) is 0. The van der Waals surface area contributed by atoms with Crippen LogP contribution < -0.4 is 5.32 Å². The van der Waals surface area contributed by atoms with E-state index in [2.05, 4.69) is 48.6 Å². The molecule has 1 fully saturated rings. The van der Waals surface area contributed by atoms with Crippen LogP contribution in [0.15, 0.2) is 30.3 Å². The first kappa shape index (κ1) is 13.1. The van der Waals surface area contributed by atoms with Gasteiger partial charge in [-0.1, -0.05) is 37.3 Å². The van der Waals surface area contributed by atoms with Crippen molar-refractivity contribution in [3.63, 3.8) is 0 Å². The van der Waals surface area contributed by atoms with E-state index in [9.17, 15) is 0 Å². The summed E-state index contributed by atoms with van der Waals surface area (Å²) in [6.07, 6.45) is 5.45. The fraction of sp³-hybridized carbons (Fsp3) is 0.562. The highest BCUT2D eigenvalue weighted by molar-refractivity contribution is 5.14. The highest BCUT2D eigenvalue weighted by Gasteiger charge is 2.30. The fourth-order valence-electron chi connectivity index (χ4n) is 2.74. The maximum absolute atomic E-state index is 8.84. The van der Waals surface area contributed by atoms with Gasteiger partial charge in [0.05, 0.1) is 6.07 Å². The molecule has 18 heavy (non-hydrogen) atoms. The average molecular weight is 242 g/mol. The summed E-state index contributed by atoms with van der Waals surface area (Å²) >= 11 is 0. The van der Waals surface area contributed by atoms with Gasteiger partial charge in [-0.25, -0.2) is 0 Å². The van der Waals surface area contributed by atoms with Gasteiger partial charge in [-0.05, 0) is 36.7 Å². The zero-order valence-corrected chi connectivity index (χ0v) is 11.2. The van der Waals surface area contributed by atoms with Gasteiger partial charge in [-0.2, -0.15) is 5.26 Å². The number of nitrogens with zero attached hydrogens (tertiary/aromatic N) is 1. The summed E-state index contributed by atoms with van der Waals surface area (Å²) in [4.78, 5) is 0. The quantitative estimate of drug-likeness (QED) is 0.875. The Labute approximate surface area is 110 Å². The van der Waals surface area contributed by atoms with Gasteiger partial charge in [0.25, 0.3) is 0 Å². The van der Waals surface area contributed by atoms with Crippen molar-refractivity contribution >= 4 is 0 Å². The molecule has 2 rings (SSSR count). The van der Waals surface area contributed by atoms with Gasteiger partial charge >= 0.3 is 0 Å². The lowest BCUT2D eigenvalue weighted by Crippen LogP contribution is -2.36. The van der Waals surface area contributed by atoms with E-state index in [1.54, 1.807) is 0 Å². The largest absolute Gasteiger partial charge is 0.310 e. The molecule has 0 spiro atoms. The minimum atomic E-state index is 0.264. The van der Waals surface area contributed by atoms with Crippen LogP contribution in [0.1, 0.15) is 44.6 Å². The topological polar surface area (TPSA) is 35.8 Å². The summed E-state index contributed by atoms with van der Waals surface area (Å²) in [5, 5.41) is 12.5. The molecular formula is C16H22N2. The summed E-state index contributed by atoms with van der Waals surface area (Å²) < 4.78 is 0. The molecule has 2 heteroatoms. The Morgan fingerprint density at radius 3 is 2.56 bits per heavy atom. The van der Waals surface area contributed by atoms with E-state index in [4.69, 9.17) is 5.26 Å². The van der Waals surface area contributed by atoms with E-state index in [0.29, 0.717) is 12.5 Å². The van der Waals surface area contributed by atoms with Crippen LogP contribution in [0.4, 0.5) is 0 Å². The zero-order chi connectivity index (χ0) is 12.8. The lowest BCUT2D eigenvalue weighted by atomic mass is 9.72. The van der Waals surface area contributed by atoms with Gasteiger partial charge in [-0.15, -0.1) is 0 Å². The minimum absolute atomic E-state index is 0.264. The molecule has 0 aromatic heterocycles. The van der Waals surface area contributed by atoms with Crippen molar-refractivity contribution in [2.24, 2.45) is 5.41 Å². The first-order chi connectivity index (χ1) is 8.72. The molecule has 0 heterocycles. The molecule has 1 aliphatic carbocycles. The van der Waals surface area contributed by atoms with Crippen LogP contribution >= 0.6 is 0 Å². The maximum atomic E-state index is 8.84. The SMILES string of the molecule is CC1(CC#N)CCC(NCc2ccccc2)CC1. The molecule has 0 bridgehead atoms. The molecule has 1 N–H and O–H groups in total. The molecule has 0 aliphatic heterocycles. The van der Waals surface area contributed by atoms with E-state index < -0.39 is 0 Å². The van der Waals surface area contributed by atoms with Crippen molar-refractivity contribution in [2.75, 3.05) is 0 Å².